The fourth-order valence-corrected chi connectivity index (χ4v) is 4.62. The Hall–Kier alpha value is -2.42. The quantitative estimate of drug-likeness (QED) is 0.636. The number of aromatic nitrogens is 1. The maximum absolute atomic E-state index is 12.6. The first-order valence-corrected chi connectivity index (χ1v) is 10.6. The van der Waals surface area contributed by atoms with Crippen LogP contribution in [-0.2, 0) is 10.0 Å². The molecular formula is C18H16ClN3O3S2. The predicted octanol–water partition coefficient (Wildman–Crippen LogP) is 4.47. The van der Waals surface area contributed by atoms with Crippen molar-refractivity contribution in [3.8, 4) is 0 Å². The van der Waals surface area contributed by atoms with Gasteiger partial charge in [-0.2, -0.15) is 0 Å². The van der Waals surface area contributed by atoms with Crippen molar-refractivity contribution >= 4 is 49.7 Å². The van der Waals surface area contributed by atoms with Crippen LogP contribution in [0.3, 0.4) is 0 Å². The minimum atomic E-state index is -3.76. The van der Waals surface area contributed by atoms with Gasteiger partial charge in [0, 0.05) is 10.7 Å². The highest BCUT2D eigenvalue weighted by Crippen LogP contribution is 2.27. The van der Waals surface area contributed by atoms with Crippen molar-refractivity contribution < 1.29 is 13.2 Å². The molecule has 3 rings (SSSR count). The van der Waals surface area contributed by atoms with Crippen LogP contribution in [0.5, 0.6) is 0 Å². The molecule has 27 heavy (non-hydrogen) atoms. The van der Waals surface area contributed by atoms with E-state index in [0.717, 1.165) is 16.9 Å². The van der Waals surface area contributed by atoms with Crippen LogP contribution in [0.2, 0.25) is 5.02 Å². The standard InChI is InChI=1S/C18H16ClN3O3S2/c1-11-8-9-13(19)10-15(11)21-17(23)16-12(2)20-18(26-16)22-27(24,25)14-6-4-3-5-7-14/h3-10H,1-2H3,(H,20,22)(H,21,23). The highest BCUT2D eigenvalue weighted by Gasteiger charge is 2.20. The van der Waals surface area contributed by atoms with E-state index in [1.807, 2.05) is 6.92 Å². The summed E-state index contributed by atoms with van der Waals surface area (Å²) in [5.74, 6) is -0.375. The normalized spacial score (nSPS) is 11.2. The Kier molecular flexibility index (Phi) is 5.50. The highest BCUT2D eigenvalue weighted by atomic mass is 35.5. The monoisotopic (exact) mass is 421 g/mol. The molecule has 0 radical (unpaired) electrons. The van der Waals surface area contributed by atoms with Gasteiger partial charge in [0.1, 0.15) is 4.88 Å². The number of amides is 1. The van der Waals surface area contributed by atoms with Gasteiger partial charge in [0.2, 0.25) is 0 Å². The van der Waals surface area contributed by atoms with Gasteiger partial charge < -0.3 is 5.32 Å². The zero-order valence-corrected chi connectivity index (χ0v) is 16.9. The molecule has 2 N–H and O–H groups in total. The molecule has 0 unspecified atom stereocenters. The molecule has 0 spiro atoms. The van der Waals surface area contributed by atoms with E-state index < -0.39 is 10.0 Å². The molecule has 140 valence electrons. The summed E-state index contributed by atoms with van der Waals surface area (Å²) in [6.45, 7) is 3.50. The first-order chi connectivity index (χ1) is 12.8. The smallest absolute Gasteiger partial charge is 0.267 e. The van der Waals surface area contributed by atoms with Crippen LogP contribution in [0.4, 0.5) is 10.8 Å². The van der Waals surface area contributed by atoms with Crippen molar-refractivity contribution in [2.24, 2.45) is 0 Å². The molecule has 0 aliphatic rings. The maximum Gasteiger partial charge on any atom is 0.267 e. The molecule has 1 aromatic heterocycles. The molecule has 0 aliphatic carbocycles. The minimum absolute atomic E-state index is 0.124. The van der Waals surface area contributed by atoms with E-state index in [2.05, 4.69) is 15.0 Å². The molecule has 0 saturated heterocycles. The van der Waals surface area contributed by atoms with E-state index in [4.69, 9.17) is 11.6 Å². The number of nitrogens with one attached hydrogen (secondary N) is 2. The van der Waals surface area contributed by atoms with Gasteiger partial charge in [-0.25, -0.2) is 13.4 Å². The van der Waals surface area contributed by atoms with E-state index in [1.54, 1.807) is 43.3 Å². The van der Waals surface area contributed by atoms with Gasteiger partial charge in [-0.05, 0) is 43.7 Å². The van der Waals surface area contributed by atoms with Gasteiger partial charge in [-0.3, -0.25) is 9.52 Å². The Bertz CT molecular complexity index is 1100. The molecule has 0 fully saturated rings. The summed E-state index contributed by atoms with van der Waals surface area (Å²) in [5.41, 5.74) is 1.88. The van der Waals surface area contributed by atoms with Crippen molar-refractivity contribution in [3.05, 3.63) is 69.7 Å². The van der Waals surface area contributed by atoms with Crippen LogP contribution in [0, 0.1) is 13.8 Å². The van der Waals surface area contributed by atoms with Crippen LogP contribution in [0.15, 0.2) is 53.4 Å². The summed E-state index contributed by atoms with van der Waals surface area (Å²) < 4.78 is 27.2. The lowest BCUT2D eigenvalue weighted by Gasteiger charge is -2.08. The second-order valence-electron chi connectivity index (χ2n) is 5.77. The molecule has 3 aromatic rings. The lowest BCUT2D eigenvalue weighted by molar-refractivity contribution is 0.102. The topological polar surface area (TPSA) is 88.2 Å². The number of sulfonamides is 1. The number of hydrogen-bond donors (Lipinski definition) is 2. The Labute approximate surface area is 166 Å². The van der Waals surface area contributed by atoms with Crippen molar-refractivity contribution in [2.75, 3.05) is 10.0 Å². The van der Waals surface area contributed by atoms with Crippen LogP contribution in [-0.4, -0.2) is 19.3 Å². The zero-order valence-electron chi connectivity index (χ0n) is 14.5. The molecule has 2 aromatic carbocycles. The van der Waals surface area contributed by atoms with E-state index >= 15 is 0 Å². The molecule has 1 amide bonds. The summed E-state index contributed by atoms with van der Waals surface area (Å²) in [6.07, 6.45) is 0. The first kappa shape index (κ1) is 19.3. The van der Waals surface area contributed by atoms with E-state index in [0.29, 0.717) is 21.3 Å². The van der Waals surface area contributed by atoms with E-state index in [9.17, 15) is 13.2 Å². The summed E-state index contributed by atoms with van der Waals surface area (Å²) >= 11 is 6.95. The number of rotatable bonds is 5. The van der Waals surface area contributed by atoms with E-state index in [1.165, 1.54) is 12.1 Å². The SMILES string of the molecule is Cc1ccc(Cl)cc1NC(=O)c1sc(NS(=O)(=O)c2ccccc2)nc1C. The number of hydrogen-bond acceptors (Lipinski definition) is 5. The van der Waals surface area contributed by atoms with Gasteiger partial charge in [-0.15, -0.1) is 0 Å². The van der Waals surface area contributed by atoms with Crippen molar-refractivity contribution in [3.63, 3.8) is 0 Å². The number of anilines is 2. The average Bonchev–Trinajstić information content (AvgIpc) is 2.98. The first-order valence-electron chi connectivity index (χ1n) is 7.89. The molecule has 9 heteroatoms. The molecule has 0 atom stereocenters. The lowest BCUT2D eigenvalue weighted by atomic mass is 10.2. The minimum Gasteiger partial charge on any atom is -0.321 e. The number of nitrogens with zero attached hydrogens (tertiary/aromatic N) is 1. The molecule has 0 aliphatic heterocycles. The lowest BCUT2D eigenvalue weighted by Crippen LogP contribution is -2.12. The fourth-order valence-electron chi connectivity index (χ4n) is 2.33. The molecule has 6 nitrogen and oxygen atoms in total. The van der Waals surface area contributed by atoms with Crippen molar-refractivity contribution in [1.82, 2.24) is 4.98 Å². The second-order valence-corrected chi connectivity index (χ2v) is 8.88. The molecule has 0 saturated carbocycles. The molecule has 1 heterocycles. The summed E-state index contributed by atoms with van der Waals surface area (Å²) in [6, 6.07) is 13.2. The van der Waals surface area contributed by atoms with Crippen LogP contribution in [0.25, 0.3) is 0 Å². The Balaban J connectivity index is 1.82. The van der Waals surface area contributed by atoms with Crippen LogP contribution >= 0.6 is 22.9 Å². The predicted molar refractivity (Wildman–Crippen MR) is 108 cm³/mol. The third kappa shape index (κ3) is 4.47. The van der Waals surface area contributed by atoms with E-state index in [-0.39, 0.29) is 15.9 Å². The van der Waals surface area contributed by atoms with Gasteiger partial charge in [0.25, 0.3) is 15.9 Å². The largest absolute Gasteiger partial charge is 0.321 e. The summed E-state index contributed by atoms with van der Waals surface area (Å²) in [4.78, 5) is 17.2. The van der Waals surface area contributed by atoms with Gasteiger partial charge in [0.05, 0.1) is 10.6 Å². The third-order valence-electron chi connectivity index (χ3n) is 3.73. The number of carbonyl (C=O) groups is 1. The second kappa shape index (κ2) is 7.67. The van der Waals surface area contributed by atoms with Gasteiger partial charge >= 0.3 is 0 Å². The molecule has 0 bridgehead atoms. The van der Waals surface area contributed by atoms with Crippen LogP contribution < -0.4 is 10.0 Å². The van der Waals surface area contributed by atoms with Crippen LogP contribution in [0.1, 0.15) is 20.9 Å². The molecular weight excluding hydrogens is 406 g/mol. The van der Waals surface area contributed by atoms with Gasteiger partial charge in [-0.1, -0.05) is 47.2 Å². The number of halogens is 1. The number of aryl methyl sites for hydroxylation is 2. The fraction of sp³-hybridized carbons (Fsp3) is 0.111. The number of thiazole rings is 1. The summed E-state index contributed by atoms with van der Waals surface area (Å²) in [7, 11) is -3.76. The number of carbonyl (C=O) groups excluding carboxylic acids is 1. The third-order valence-corrected chi connectivity index (χ3v) is 6.52. The summed E-state index contributed by atoms with van der Waals surface area (Å²) in [5, 5.41) is 3.42. The zero-order chi connectivity index (χ0) is 19.6. The van der Waals surface area contributed by atoms with Gasteiger partial charge in [0.15, 0.2) is 5.13 Å². The Morgan fingerprint density at radius 2 is 1.81 bits per heavy atom. The number of benzene rings is 2. The highest BCUT2D eigenvalue weighted by molar-refractivity contribution is 7.93. The maximum atomic E-state index is 12.6. The Morgan fingerprint density at radius 1 is 1.11 bits per heavy atom. The van der Waals surface area contributed by atoms with Crippen molar-refractivity contribution in [2.45, 2.75) is 18.7 Å². The van der Waals surface area contributed by atoms with Crippen molar-refractivity contribution in [1.29, 1.82) is 0 Å². The Morgan fingerprint density at radius 3 is 2.52 bits per heavy atom. The average molecular weight is 422 g/mol.